The summed E-state index contributed by atoms with van der Waals surface area (Å²) in [7, 11) is 0. The normalized spacial score (nSPS) is 56.1. The largest absolute Gasteiger partial charge is 0.373 e. The predicted octanol–water partition coefficient (Wildman–Crippen LogP) is 7.66. The lowest BCUT2D eigenvalue weighted by Crippen LogP contribution is -2.67. The van der Waals surface area contributed by atoms with Crippen LogP contribution in [-0.2, 0) is 9.62 Å². The van der Waals surface area contributed by atoms with E-state index in [4.69, 9.17) is 9.62 Å². The van der Waals surface area contributed by atoms with E-state index in [1.807, 2.05) is 0 Å². The topological polar surface area (TPSA) is 38.7 Å². The first kappa shape index (κ1) is 23.0. The average Bonchev–Trinajstić information content (AvgIpc) is 3.05. The first-order chi connectivity index (χ1) is 15.3. The highest BCUT2D eigenvalue weighted by atomic mass is 17.1. The molecule has 6 aliphatic rings. The van der Waals surface area contributed by atoms with Crippen molar-refractivity contribution in [3.8, 4) is 0 Å². The fraction of sp³-hybridized carbons (Fsp3) is 0.933. The molecule has 186 valence electrons. The van der Waals surface area contributed by atoms with Gasteiger partial charge in [-0.3, -0.25) is 5.26 Å². The maximum absolute atomic E-state index is 9.64. The Labute approximate surface area is 202 Å². The van der Waals surface area contributed by atoms with E-state index < -0.39 is 0 Å². The van der Waals surface area contributed by atoms with E-state index in [0.29, 0.717) is 33.5 Å². The van der Waals surface area contributed by atoms with Crippen molar-refractivity contribution in [3.63, 3.8) is 0 Å². The van der Waals surface area contributed by atoms with Gasteiger partial charge in [0, 0.05) is 16.7 Å². The minimum Gasteiger partial charge on any atom is -0.373 e. The van der Waals surface area contributed by atoms with Gasteiger partial charge in [0.2, 0.25) is 0 Å². The van der Waals surface area contributed by atoms with Gasteiger partial charge in [-0.15, -0.1) is 0 Å². The molecule has 1 heterocycles. The van der Waals surface area contributed by atoms with Crippen molar-refractivity contribution in [3.05, 3.63) is 11.6 Å². The Morgan fingerprint density at radius 3 is 2.30 bits per heavy atom. The molecular formula is C30H48O3. The van der Waals surface area contributed by atoms with Crippen LogP contribution in [0.25, 0.3) is 0 Å². The fourth-order valence-corrected chi connectivity index (χ4v) is 11.1. The van der Waals surface area contributed by atoms with Crippen molar-refractivity contribution in [2.45, 2.75) is 118 Å². The molecule has 0 aromatic carbocycles. The molecule has 1 aliphatic heterocycles. The number of hydrogen-bond acceptors (Lipinski definition) is 3. The van der Waals surface area contributed by atoms with Crippen LogP contribution >= 0.6 is 0 Å². The molecule has 0 aromatic heterocycles. The molecule has 33 heavy (non-hydrogen) atoms. The third-order valence-electron chi connectivity index (χ3n) is 13.4. The Kier molecular flexibility index (Phi) is 4.66. The van der Waals surface area contributed by atoms with Crippen molar-refractivity contribution in [2.24, 2.45) is 50.2 Å². The van der Waals surface area contributed by atoms with E-state index in [-0.39, 0.29) is 23.0 Å². The van der Waals surface area contributed by atoms with Crippen LogP contribution in [0.3, 0.4) is 0 Å². The fourth-order valence-electron chi connectivity index (χ4n) is 11.1. The minimum absolute atomic E-state index is 0.100. The zero-order chi connectivity index (χ0) is 23.7. The lowest BCUT2D eigenvalue weighted by atomic mass is 9.31. The SMILES string of the molecule is CC1(C)CCC2(C)CCC3(C)C4C5C=C6C(CCC(OO)C6(C)C)C4(CCC3(C)C2C1)CO5. The molecule has 0 amide bonds. The van der Waals surface area contributed by atoms with E-state index in [1.54, 1.807) is 0 Å². The van der Waals surface area contributed by atoms with E-state index in [9.17, 15) is 5.26 Å². The summed E-state index contributed by atoms with van der Waals surface area (Å²) in [6.45, 7) is 18.6. The maximum atomic E-state index is 9.64. The molecule has 2 bridgehead atoms. The Balaban J connectivity index is 1.44. The quantitative estimate of drug-likeness (QED) is 0.250. The van der Waals surface area contributed by atoms with Crippen LogP contribution in [0.4, 0.5) is 0 Å². The molecule has 9 atom stereocenters. The van der Waals surface area contributed by atoms with Crippen LogP contribution in [0.15, 0.2) is 11.6 Å². The van der Waals surface area contributed by atoms with Gasteiger partial charge >= 0.3 is 0 Å². The van der Waals surface area contributed by atoms with Crippen molar-refractivity contribution < 1.29 is 14.9 Å². The first-order valence-electron chi connectivity index (χ1n) is 14.0. The second-order valence-electron chi connectivity index (χ2n) is 15.5. The highest BCUT2D eigenvalue weighted by molar-refractivity contribution is 5.35. The molecular weight excluding hydrogens is 408 g/mol. The smallest absolute Gasteiger partial charge is 0.101 e. The Hall–Kier alpha value is -0.380. The summed E-state index contributed by atoms with van der Waals surface area (Å²) < 4.78 is 6.75. The summed E-state index contributed by atoms with van der Waals surface area (Å²) >= 11 is 0. The lowest BCUT2D eigenvalue weighted by molar-refractivity contribution is -0.305. The highest BCUT2D eigenvalue weighted by Gasteiger charge is 2.74. The van der Waals surface area contributed by atoms with E-state index in [1.165, 1.54) is 50.5 Å². The summed E-state index contributed by atoms with van der Waals surface area (Å²) in [6.07, 6.45) is 14.4. The zero-order valence-corrected chi connectivity index (χ0v) is 22.3. The first-order valence-corrected chi connectivity index (χ1v) is 14.0. The summed E-state index contributed by atoms with van der Waals surface area (Å²) in [5.74, 6) is 2.04. The molecule has 0 radical (unpaired) electrons. The van der Waals surface area contributed by atoms with Crippen LogP contribution in [0.2, 0.25) is 0 Å². The molecule has 3 nitrogen and oxygen atoms in total. The second-order valence-corrected chi connectivity index (χ2v) is 15.5. The lowest BCUT2D eigenvalue weighted by Gasteiger charge is -2.72. The van der Waals surface area contributed by atoms with Gasteiger partial charge in [0.05, 0.1) is 12.7 Å². The van der Waals surface area contributed by atoms with Crippen molar-refractivity contribution in [2.75, 3.05) is 6.61 Å². The van der Waals surface area contributed by atoms with Gasteiger partial charge in [0.15, 0.2) is 0 Å². The van der Waals surface area contributed by atoms with Crippen LogP contribution in [-0.4, -0.2) is 24.1 Å². The molecule has 9 unspecified atom stereocenters. The predicted molar refractivity (Wildman–Crippen MR) is 132 cm³/mol. The molecule has 0 aromatic rings. The highest BCUT2D eigenvalue weighted by Crippen LogP contribution is 2.78. The van der Waals surface area contributed by atoms with Gasteiger partial charge in [0.25, 0.3) is 0 Å². The number of rotatable bonds is 1. The standard InChI is InChI=1S/C30H48O3/c1-25(2)10-11-27(5)12-13-29(7)24-21-16-20-19(8-9-23(33-31)26(20,3)4)30(24,18-32-21)15-14-28(29,6)22(27)17-25/h16,19,21-24,31H,8-15,17-18H2,1-7H3. The van der Waals surface area contributed by atoms with Crippen molar-refractivity contribution >= 4 is 0 Å². The summed E-state index contributed by atoms with van der Waals surface area (Å²) in [5.41, 5.74) is 3.40. The van der Waals surface area contributed by atoms with Gasteiger partial charge in [-0.25, -0.2) is 4.89 Å². The van der Waals surface area contributed by atoms with Gasteiger partial charge < -0.3 is 4.74 Å². The number of fused-ring (bicyclic) bond motifs is 4. The Morgan fingerprint density at radius 2 is 1.58 bits per heavy atom. The van der Waals surface area contributed by atoms with E-state index in [0.717, 1.165) is 25.4 Å². The molecule has 3 heteroatoms. The van der Waals surface area contributed by atoms with E-state index in [2.05, 4.69) is 54.5 Å². The van der Waals surface area contributed by atoms with Crippen molar-refractivity contribution in [1.82, 2.24) is 0 Å². The number of hydrogen-bond donors (Lipinski definition) is 1. The van der Waals surface area contributed by atoms with Gasteiger partial charge in [-0.1, -0.05) is 60.1 Å². The summed E-state index contributed by atoms with van der Waals surface area (Å²) in [5, 5.41) is 9.64. The number of ether oxygens (including phenoxy) is 1. The second kappa shape index (κ2) is 6.68. The summed E-state index contributed by atoms with van der Waals surface area (Å²) in [4.78, 5) is 5.01. The van der Waals surface area contributed by atoms with Crippen LogP contribution in [0.1, 0.15) is 106 Å². The molecule has 1 saturated heterocycles. The van der Waals surface area contributed by atoms with Crippen LogP contribution in [0.5, 0.6) is 0 Å². The monoisotopic (exact) mass is 456 g/mol. The van der Waals surface area contributed by atoms with Gasteiger partial charge in [0.1, 0.15) is 6.10 Å². The van der Waals surface area contributed by atoms with E-state index >= 15 is 0 Å². The average molecular weight is 457 g/mol. The maximum Gasteiger partial charge on any atom is 0.101 e. The van der Waals surface area contributed by atoms with Gasteiger partial charge in [-0.05, 0) is 91.3 Å². The third kappa shape index (κ3) is 2.69. The summed E-state index contributed by atoms with van der Waals surface area (Å²) in [6, 6.07) is 0. The van der Waals surface area contributed by atoms with Crippen LogP contribution in [0, 0.1) is 50.2 Å². The zero-order valence-electron chi connectivity index (χ0n) is 22.3. The Bertz CT molecular complexity index is 874. The minimum atomic E-state index is -0.123. The molecule has 5 aliphatic carbocycles. The molecule has 1 N–H and O–H groups in total. The molecule has 4 saturated carbocycles. The van der Waals surface area contributed by atoms with Crippen LogP contribution < -0.4 is 0 Å². The molecule has 6 rings (SSSR count). The molecule has 5 fully saturated rings. The van der Waals surface area contributed by atoms with Crippen molar-refractivity contribution in [1.29, 1.82) is 0 Å². The van der Waals surface area contributed by atoms with Gasteiger partial charge in [-0.2, -0.15) is 0 Å². The Morgan fingerprint density at radius 1 is 0.879 bits per heavy atom. The molecule has 0 spiro atoms. The third-order valence-corrected chi connectivity index (χ3v) is 13.4.